The van der Waals surface area contributed by atoms with Crippen molar-refractivity contribution < 1.29 is 0 Å². The molecule has 0 unspecified atom stereocenters. The Kier molecular flexibility index (Phi) is 3.11. The van der Waals surface area contributed by atoms with Crippen molar-refractivity contribution in [1.82, 2.24) is 4.98 Å². The van der Waals surface area contributed by atoms with Crippen molar-refractivity contribution in [2.45, 2.75) is 6.92 Å². The van der Waals surface area contributed by atoms with E-state index in [4.69, 9.17) is 0 Å². The van der Waals surface area contributed by atoms with Crippen LogP contribution in [0.1, 0.15) is 5.56 Å². The van der Waals surface area contributed by atoms with Gasteiger partial charge in [0.05, 0.1) is 5.69 Å². The van der Waals surface area contributed by atoms with E-state index in [2.05, 4.69) is 60.4 Å². The summed E-state index contributed by atoms with van der Waals surface area (Å²) in [5, 5.41) is 0. The lowest BCUT2D eigenvalue weighted by Gasteiger charge is -2.08. The van der Waals surface area contributed by atoms with E-state index < -0.39 is 0 Å². The molecule has 2 aromatic carbocycles. The van der Waals surface area contributed by atoms with Crippen molar-refractivity contribution in [3.63, 3.8) is 0 Å². The molecule has 0 aliphatic rings. The van der Waals surface area contributed by atoms with E-state index in [1.807, 2.05) is 24.4 Å². The number of hydrogen-bond acceptors (Lipinski definition) is 1. The second kappa shape index (κ2) is 5.07. The van der Waals surface area contributed by atoms with Gasteiger partial charge in [0.25, 0.3) is 0 Å². The summed E-state index contributed by atoms with van der Waals surface area (Å²) in [4.78, 5) is 4.41. The van der Waals surface area contributed by atoms with Crippen LogP contribution in [0.3, 0.4) is 0 Å². The van der Waals surface area contributed by atoms with Crippen LogP contribution in [0.25, 0.3) is 22.4 Å². The molecule has 1 heteroatoms. The van der Waals surface area contributed by atoms with Gasteiger partial charge in [0.1, 0.15) is 0 Å². The number of pyridine rings is 1. The lowest BCUT2D eigenvalue weighted by Crippen LogP contribution is -1.85. The van der Waals surface area contributed by atoms with E-state index in [-0.39, 0.29) is 0 Å². The van der Waals surface area contributed by atoms with Gasteiger partial charge in [-0.15, -0.1) is 0 Å². The van der Waals surface area contributed by atoms with Gasteiger partial charge in [-0.2, -0.15) is 0 Å². The van der Waals surface area contributed by atoms with Crippen LogP contribution in [0.2, 0.25) is 0 Å². The van der Waals surface area contributed by atoms with Gasteiger partial charge >= 0.3 is 0 Å². The highest BCUT2D eigenvalue weighted by molar-refractivity contribution is 5.73. The summed E-state index contributed by atoms with van der Waals surface area (Å²) in [6.45, 7) is 2.14. The fraction of sp³-hybridized carbons (Fsp3) is 0.0556. The van der Waals surface area contributed by atoms with E-state index in [0.717, 1.165) is 11.3 Å². The van der Waals surface area contributed by atoms with Crippen LogP contribution in [0, 0.1) is 6.92 Å². The van der Waals surface area contributed by atoms with Crippen LogP contribution in [0.15, 0.2) is 72.9 Å². The van der Waals surface area contributed by atoms with Crippen molar-refractivity contribution >= 4 is 0 Å². The Morgan fingerprint density at radius 2 is 1.53 bits per heavy atom. The Hall–Kier alpha value is -2.41. The van der Waals surface area contributed by atoms with Crippen LogP contribution < -0.4 is 0 Å². The van der Waals surface area contributed by atoms with Crippen molar-refractivity contribution in [3.05, 3.63) is 78.5 Å². The van der Waals surface area contributed by atoms with Gasteiger partial charge in [-0.3, -0.25) is 4.98 Å². The van der Waals surface area contributed by atoms with Gasteiger partial charge in [-0.25, -0.2) is 0 Å². The van der Waals surface area contributed by atoms with E-state index in [1.54, 1.807) is 0 Å². The summed E-state index contributed by atoms with van der Waals surface area (Å²) in [6.07, 6.45) is 1.83. The number of aromatic nitrogens is 1. The smallest absolute Gasteiger partial charge is 0.0702 e. The summed E-state index contributed by atoms with van der Waals surface area (Å²) in [5.41, 5.74) is 5.97. The van der Waals surface area contributed by atoms with Crippen molar-refractivity contribution in [2.75, 3.05) is 0 Å². The molecule has 1 aromatic heterocycles. The number of hydrogen-bond donors (Lipinski definition) is 0. The molecule has 3 aromatic rings. The summed E-state index contributed by atoms with van der Waals surface area (Å²) in [7, 11) is 0. The van der Waals surface area contributed by atoms with Crippen molar-refractivity contribution in [3.8, 4) is 22.4 Å². The first kappa shape index (κ1) is 11.7. The molecule has 3 rings (SSSR count). The molecule has 92 valence electrons. The molecule has 1 heterocycles. The largest absolute Gasteiger partial charge is 0.256 e. The summed E-state index contributed by atoms with van der Waals surface area (Å²) >= 11 is 0. The van der Waals surface area contributed by atoms with Gasteiger partial charge in [-0.1, -0.05) is 48.5 Å². The zero-order valence-corrected chi connectivity index (χ0v) is 10.9. The predicted octanol–water partition coefficient (Wildman–Crippen LogP) is 4.72. The molecule has 0 radical (unpaired) electrons. The standard InChI is InChI=1S/C18H15N/c1-14-7-2-3-10-17(14)15-8-6-9-16(13-15)18-11-4-5-12-19-18/h2-13H,1H3. The third-order valence-electron chi connectivity index (χ3n) is 3.28. The van der Waals surface area contributed by atoms with Crippen LogP contribution >= 0.6 is 0 Å². The molecular formula is C18H15N. The zero-order chi connectivity index (χ0) is 13.1. The normalized spacial score (nSPS) is 10.4. The molecule has 0 aliphatic heterocycles. The number of rotatable bonds is 2. The molecule has 0 spiro atoms. The molecule has 0 fully saturated rings. The molecule has 0 aliphatic carbocycles. The van der Waals surface area contributed by atoms with E-state index in [0.29, 0.717) is 0 Å². The minimum absolute atomic E-state index is 1.01. The van der Waals surface area contributed by atoms with Crippen molar-refractivity contribution in [2.24, 2.45) is 0 Å². The maximum Gasteiger partial charge on any atom is 0.0702 e. The SMILES string of the molecule is Cc1ccccc1-c1cccc(-c2ccccn2)c1. The highest BCUT2D eigenvalue weighted by Crippen LogP contribution is 2.27. The van der Waals surface area contributed by atoms with E-state index in [9.17, 15) is 0 Å². The quantitative estimate of drug-likeness (QED) is 0.636. The van der Waals surface area contributed by atoms with Gasteiger partial charge in [0.15, 0.2) is 0 Å². The Morgan fingerprint density at radius 1 is 0.737 bits per heavy atom. The first-order chi connectivity index (χ1) is 9.34. The van der Waals surface area contributed by atoms with Crippen LogP contribution in [0.4, 0.5) is 0 Å². The van der Waals surface area contributed by atoms with Gasteiger partial charge in [-0.05, 0) is 41.8 Å². The Bertz CT molecular complexity index is 687. The second-order valence-corrected chi connectivity index (χ2v) is 4.61. The molecule has 0 N–H and O–H groups in total. The van der Waals surface area contributed by atoms with Crippen LogP contribution in [-0.4, -0.2) is 4.98 Å². The van der Waals surface area contributed by atoms with E-state index in [1.165, 1.54) is 16.7 Å². The first-order valence-corrected chi connectivity index (χ1v) is 6.42. The lowest BCUT2D eigenvalue weighted by atomic mass is 9.98. The minimum Gasteiger partial charge on any atom is -0.256 e. The minimum atomic E-state index is 1.01. The monoisotopic (exact) mass is 245 g/mol. The van der Waals surface area contributed by atoms with Crippen molar-refractivity contribution in [1.29, 1.82) is 0 Å². The predicted molar refractivity (Wildman–Crippen MR) is 79.8 cm³/mol. The molecule has 0 atom stereocenters. The average Bonchev–Trinajstić information content (AvgIpc) is 2.49. The molecule has 0 saturated carbocycles. The Balaban J connectivity index is 2.09. The molecule has 19 heavy (non-hydrogen) atoms. The van der Waals surface area contributed by atoms with Gasteiger partial charge in [0, 0.05) is 11.8 Å². The second-order valence-electron chi connectivity index (χ2n) is 4.61. The first-order valence-electron chi connectivity index (χ1n) is 6.42. The molecule has 0 amide bonds. The van der Waals surface area contributed by atoms with Gasteiger partial charge in [0.2, 0.25) is 0 Å². The van der Waals surface area contributed by atoms with Crippen LogP contribution in [0.5, 0.6) is 0 Å². The molecule has 0 bridgehead atoms. The fourth-order valence-corrected chi connectivity index (χ4v) is 2.28. The zero-order valence-electron chi connectivity index (χ0n) is 10.9. The number of aryl methyl sites for hydroxylation is 1. The number of benzene rings is 2. The maximum absolute atomic E-state index is 4.41. The topological polar surface area (TPSA) is 12.9 Å². The summed E-state index contributed by atoms with van der Waals surface area (Å²) < 4.78 is 0. The Morgan fingerprint density at radius 3 is 2.32 bits per heavy atom. The van der Waals surface area contributed by atoms with Crippen LogP contribution in [-0.2, 0) is 0 Å². The van der Waals surface area contributed by atoms with E-state index >= 15 is 0 Å². The average molecular weight is 245 g/mol. The molecular weight excluding hydrogens is 230 g/mol. The highest BCUT2D eigenvalue weighted by Gasteiger charge is 2.03. The highest BCUT2D eigenvalue weighted by atomic mass is 14.7. The van der Waals surface area contributed by atoms with Gasteiger partial charge < -0.3 is 0 Å². The molecule has 0 saturated heterocycles. The fourth-order valence-electron chi connectivity index (χ4n) is 2.28. The maximum atomic E-state index is 4.41. The third-order valence-corrected chi connectivity index (χ3v) is 3.28. The summed E-state index contributed by atoms with van der Waals surface area (Å²) in [6, 6.07) is 23.0. The summed E-state index contributed by atoms with van der Waals surface area (Å²) in [5.74, 6) is 0. The molecule has 1 nitrogen and oxygen atoms in total. The Labute approximate surface area is 113 Å². The lowest BCUT2D eigenvalue weighted by molar-refractivity contribution is 1.33. The number of nitrogens with zero attached hydrogens (tertiary/aromatic N) is 1. The third kappa shape index (κ3) is 2.41.